The van der Waals surface area contributed by atoms with Crippen LogP contribution in [0.1, 0.15) is 5.69 Å². The van der Waals surface area contributed by atoms with Crippen LogP contribution >= 0.6 is 11.3 Å². The molecular weight excluding hydrogens is 262 g/mol. The fourth-order valence-electron chi connectivity index (χ4n) is 1.90. The molecule has 0 saturated carbocycles. The van der Waals surface area contributed by atoms with Crippen LogP contribution in [0, 0.1) is 0 Å². The van der Waals surface area contributed by atoms with E-state index in [-0.39, 0.29) is 10.4 Å². The van der Waals surface area contributed by atoms with Crippen LogP contribution in [-0.4, -0.2) is 9.97 Å². The monoisotopic (exact) mass is 273 g/mol. The van der Waals surface area contributed by atoms with Crippen LogP contribution in [0.25, 0.3) is 10.8 Å². The first-order chi connectivity index (χ1) is 9.22. The minimum absolute atomic E-state index is 0.0798. The minimum atomic E-state index is -0.126. The lowest BCUT2D eigenvalue weighted by atomic mass is 10.2. The third-order valence-corrected chi connectivity index (χ3v) is 3.51. The molecule has 6 heteroatoms. The Balaban J connectivity index is 1.89. The summed E-state index contributed by atoms with van der Waals surface area (Å²) in [5.74, 6) is 0.635. The molecule has 0 aliphatic carbocycles. The van der Waals surface area contributed by atoms with Crippen LogP contribution in [0.4, 0.5) is 5.82 Å². The standard InChI is InChI=1S/C13H11N3O2S/c17-12-10-4-2-1-3-8(10)5-11(16-12)14-6-9-7-19-13(18)15-9/h1-5,7H,6H2,(H,15,18)(H2,14,16,17). The molecule has 3 rings (SSSR count). The van der Waals surface area contributed by atoms with E-state index in [2.05, 4.69) is 15.3 Å². The van der Waals surface area contributed by atoms with Gasteiger partial charge in [-0.1, -0.05) is 29.5 Å². The molecule has 5 nitrogen and oxygen atoms in total. The fraction of sp³-hybridized carbons (Fsp3) is 0.0769. The molecule has 96 valence electrons. The lowest BCUT2D eigenvalue weighted by molar-refractivity contribution is 1.04. The fourth-order valence-corrected chi connectivity index (χ4v) is 2.48. The van der Waals surface area contributed by atoms with Gasteiger partial charge in [0.1, 0.15) is 5.82 Å². The molecule has 2 aromatic heterocycles. The lowest BCUT2D eigenvalue weighted by Gasteiger charge is -2.06. The Bertz CT molecular complexity index is 831. The van der Waals surface area contributed by atoms with E-state index in [0.717, 1.165) is 22.4 Å². The zero-order valence-corrected chi connectivity index (χ0v) is 10.7. The number of benzene rings is 1. The maximum absolute atomic E-state index is 11.9. The number of aromatic amines is 2. The molecule has 0 spiro atoms. The summed E-state index contributed by atoms with van der Waals surface area (Å²) >= 11 is 1.12. The van der Waals surface area contributed by atoms with Gasteiger partial charge in [-0.15, -0.1) is 0 Å². The van der Waals surface area contributed by atoms with E-state index < -0.39 is 0 Å². The Kier molecular flexibility index (Phi) is 2.92. The van der Waals surface area contributed by atoms with Gasteiger partial charge >= 0.3 is 4.87 Å². The van der Waals surface area contributed by atoms with Crippen LogP contribution in [0.15, 0.2) is 45.3 Å². The number of hydrogen-bond acceptors (Lipinski definition) is 4. The van der Waals surface area contributed by atoms with Gasteiger partial charge in [-0.25, -0.2) is 0 Å². The van der Waals surface area contributed by atoms with E-state index in [0.29, 0.717) is 17.7 Å². The summed E-state index contributed by atoms with van der Waals surface area (Å²) in [6.45, 7) is 0.465. The first-order valence-corrected chi connectivity index (χ1v) is 6.63. The highest BCUT2D eigenvalue weighted by atomic mass is 32.1. The Morgan fingerprint density at radius 1 is 1.16 bits per heavy atom. The second-order valence-corrected chi connectivity index (χ2v) is 4.97. The third-order valence-electron chi connectivity index (χ3n) is 2.79. The molecule has 19 heavy (non-hydrogen) atoms. The molecule has 3 N–H and O–H groups in total. The van der Waals surface area contributed by atoms with Gasteiger partial charge in [-0.05, 0) is 17.5 Å². The molecule has 0 radical (unpaired) electrons. The molecule has 0 saturated heterocycles. The highest BCUT2D eigenvalue weighted by Crippen LogP contribution is 2.13. The minimum Gasteiger partial charge on any atom is -0.366 e. The van der Waals surface area contributed by atoms with Gasteiger partial charge in [-0.3, -0.25) is 9.59 Å². The smallest absolute Gasteiger partial charge is 0.304 e. The van der Waals surface area contributed by atoms with E-state index in [1.165, 1.54) is 0 Å². The molecule has 1 aromatic carbocycles. The second kappa shape index (κ2) is 4.74. The number of anilines is 1. The molecular formula is C13H11N3O2S. The van der Waals surface area contributed by atoms with Gasteiger partial charge in [0.2, 0.25) is 0 Å². The number of hydrogen-bond donors (Lipinski definition) is 3. The summed E-state index contributed by atoms with van der Waals surface area (Å²) in [5, 5.41) is 6.39. The van der Waals surface area contributed by atoms with E-state index in [1.54, 1.807) is 11.4 Å². The topological polar surface area (TPSA) is 77.8 Å². The number of thiazole rings is 1. The molecule has 2 heterocycles. The van der Waals surface area contributed by atoms with Gasteiger partial charge in [0, 0.05) is 16.5 Å². The first-order valence-electron chi connectivity index (χ1n) is 5.75. The van der Waals surface area contributed by atoms with Crippen LogP contribution < -0.4 is 15.7 Å². The number of H-pyrrole nitrogens is 2. The molecule has 0 aliphatic rings. The Morgan fingerprint density at radius 2 is 2.00 bits per heavy atom. The highest BCUT2D eigenvalue weighted by Gasteiger charge is 2.02. The quantitative estimate of drug-likeness (QED) is 0.682. The molecule has 3 aromatic rings. The van der Waals surface area contributed by atoms with Crippen LogP contribution in [-0.2, 0) is 6.54 Å². The average molecular weight is 273 g/mol. The molecule has 0 fully saturated rings. The zero-order valence-electron chi connectivity index (χ0n) is 9.90. The van der Waals surface area contributed by atoms with Gasteiger partial charge < -0.3 is 15.3 Å². The van der Waals surface area contributed by atoms with Crippen molar-refractivity contribution in [1.82, 2.24) is 9.97 Å². The predicted octanol–water partition coefficient (Wildman–Crippen LogP) is 1.89. The third kappa shape index (κ3) is 2.43. The summed E-state index contributed by atoms with van der Waals surface area (Å²) < 4.78 is 0. The normalized spacial score (nSPS) is 10.7. The van der Waals surface area contributed by atoms with Gasteiger partial charge in [-0.2, -0.15) is 0 Å². The van der Waals surface area contributed by atoms with Crippen molar-refractivity contribution in [3.05, 3.63) is 61.4 Å². The van der Waals surface area contributed by atoms with Crippen molar-refractivity contribution in [2.75, 3.05) is 5.32 Å². The summed E-state index contributed by atoms with van der Waals surface area (Å²) in [4.78, 5) is 28.3. The summed E-state index contributed by atoms with van der Waals surface area (Å²) in [7, 11) is 0. The van der Waals surface area contributed by atoms with Crippen molar-refractivity contribution >= 4 is 27.9 Å². The number of pyridine rings is 1. The Hall–Kier alpha value is -2.34. The maximum atomic E-state index is 11.9. The first kappa shape index (κ1) is 11.7. The number of fused-ring (bicyclic) bond motifs is 1. The molecule has 0 atom stereocenters. The van der Waals surface area contributed by atoms with E-state index in [9.17, 15) is 9.59 Å². The molecule has 0 amide bonds. The largest absolute Gasteiger partial charge is 0.366 e. The van der Waals surface area contributed by atoms with Crippen molar-refractivity contribution in [2.45, 2.75) is 6.54 Å². The number of rotatable bonds is 3. The van der Waals surface area contributed by atoms with E-state index in [4.69, 9.17) is 0 Å². The van der Waals surface area contributed by atoms with Gasteiger partial charge in [0.15, 0.2) is 0 Å². The predicted molar refractivity (Wildman–Crippen MR) is 76.8 cm³/mol. The van der Waals surface area contributed by atoms with E-state index >= 15 is 0 Å². The lowest BCUT2D eigenvalue weighted by Crippen LogP contribution is -2.11. The maximum Gasteiger partial charge on any atom is 0.304 e. The average Bonchev–Trinajstić information content (AvgIpc) is 2.82. The van der Waals surface area contributed by atoms with Crippen molar-refractivity contribution in [3.8, 4) is 0 Å². The SMILES string of the molecule is O=c1[nH]c(CNc2cc3ccccc3c(=O)[nH]2)cs1. The van der Waals surface area contributed by atoms with Crippen LogP contribution in [0.5, 0.6) is 0 Å². The van der Waals surface area contributed by atoms with Gasteiger partial charge in [0.05, 0.1) is 6.54 Å². The summed E-state index contributed by atoms with van der Waals surface area (Å²) in [5.41, 5.74) is 0.670. The zero-order chi connectivity index (χ0) is 13.2. The Labute approximate surface area is 111 Å². The van der Waals surface area contributed by atoms with E-state index in [1.807, 2.05) is 24.3 Å². The molecule has 0 bridgehead atoms. The van der Waals surface area contributed by atoms with Crippen LogP contribution in [0.2, 0.25) is 0 Å². The van der Waals surface area contributed by atoms with Crippen molar-refractivity contribution in [3.63, 3.8) is 0 Å². The van der Waals surface area contributed by atoms with Gasteiger partial charge in [0.25, 0.3) is 5.56 Å². The Morgan fingerprint density at radius 3 is 2.79 bits per heavy atom. The van der Waals surface area contributed by atoms with Crippen molar-refractivity contribution < 1.29 is 0 Å². The molecule has 0 unspecified atom stereocenters. The number of aromatic nitrogens is 2. The van der Waals surface area contributed by atoms with Crippen LogP contribution in [0.3, 0.4) is 0 Å². The summed E-state index contributed by atoms with van der Waals surface area (Å²) in [6.07, 6.45) is 0. The van der Waals surface area contributed by atoms with Crippen molar-refractivity contribution in [1.29, 1.82) is 0 Å². The number of nitrogens with one attached hydrogen (secondary N) is 3. The highest BCUT2D eigenvalue weighted by molar-refractivity contribution is 7.07. The molecule has 0 aliphatic heterocycles. The summed E-state index contributed by atoms with van der Waals surface area (Å²) in [6, 6.07) is 9.28. The second-order valence-electron chi connectivity index (χ2n) is 4.13. The van der Waals surface area contributed by atoms with Crippen molar-refractivity contribution in [2.24, 2.45) is 0 Å².